The summed E-state index contributed by atoms with van der Waals surface area (Å²) in [6.45, 7) is 33.8. The third kappa shape index (κ3) is 8.22. The van der Waals surface area contributed by atoms with Crippen molar-refractivity contribution in [1.82, 2.24) is 18.7 Å². The summed E-state index contributed by atoms with van der Waals surface area (Å²) >= 11 is 2.25. The first-order chi connectivity index (χ1) is 39.4. The number of benzene rings is 7. The van der Waals surface area contributed by atoms with Gasteiger partial charge in [0, 0.05) is 6.20 Å². The number of hydrogen-bond donors (Lipinski definition) is 0. The van der Waals surface area contributed by atoms with Gasteiger partial charge in [0.2, 0.25) is 0 Å². The quantitative estimate of drug-likeness (QED) is 0.159. The molecule has 0 amide bonds. The standard InChI is InChI=1S/C69H72N4O.Pt/c1-64(2,3)46-29-32-58-61(37-46)71(43-72(58)63-52(44-23-18-16-19-24-44)27-22-28-53(63)45-25-20-17-21-26-45)49-35-48(66(7,8)9)36-51(39-49)74-50-30-31-54-55-41-56-57(68(12,13)69(14,15)67(56,10)11)42-60(55)73(59(54)40-50)62-38-47(33-34-70-62)65(4,5)6;/h16-42H,1-15H3;/i16D,17D,18D,19D,20D,21D,23D,24D,25D,26D;. The van der Waals surface area contributed by atoms with Gasteiger partial charge in [-0.3, -0.25) is 0 Å². The van der Waals surface area contributed by atoms with E-state index in [1.165, 1.54) is 16.7 Å². The summed E-state index contributed by atoms with van der Waals surface area (Å²) in [5, 5.41) is 2.22. The third-order valence-electron chi connectivity index (χ3n) is 16.9. The van der Waals surface area contributed by atoms with E-state index < -0.39 is 65.8 Å². The Kier molecular flexibility index (Phi) is 9.29. The number of ether oxygens (including phenoxy) is 1. The summed E-state index contributed by atoms with van der Waals surface area (Å²) in [6.07, 6.45) is 1.91. The van der Waals surface area contributed by atoms with Crippen LogP contribution in [0, 0.1) is 9.22 Å². The molecule has 0 unspecified atom stereocenters. The summed E-state index contributed by atoms with van der Waals surface area (Å²) in [5.74, 6) is 2.00. The molecular formula is C69H72N4OPt. The van der Waals surface area contributed by atoms with Gasteiger partial charge < -0.3 is 0 Å². The van der Waals surface area contributed by atoms with Crippen LogP contribution in [0.3, 0.4) is 0 Å². The van der Waals surface area contributed by atoms with Gasteiger partial charge in [0.15, 0.2) is 0 Å². The molecule has 3 heterocycles. The fourth-order valence-electron chi connectivity index (χ4n) is 11.2. The Labute approximate surface area is 469 Å². The average molecular weight is 1180 g/mol. The normalized spacial score (nSPS) is 17.1. The molecule has 384 valence electrons. The molecule has 0 atom stereocenters. The van der Waals surface area contributed by atoms with Crippen LogP contribution in [0.2, 0.25) is 0 Å². The predicted octanol–water partition coefficient (Wildman–Crippen LogP) is 18.6. The molecule has 0 radical (unpaired) electrons. The van der Waals surface area contributed by atoms with Crippen LogP contribution < -0.4 is 4.74 Å². The van der Waals surface area contributed by atoms with E-state index in [0.717, 1.165) is 50.0 Å². The van der Waals surface area contributed by atoms with Gasteiger partial charge in [-0.15, -0.1) is 0 Å². The molecule has 0 saturated carbocycles. The molecule has 10 aromatic rings. The number of imidazole rings is 1. The molecule has 1 aliphatic carbocycles. The van der Waals surface area contributed by atoms with E-state index in [1.54, 1.807) is 18.2 Å². The van der Waals surface area contributed by atoms with Crippen LogP contribution in [0.1, 0.15) is 145 Å². The van der Waals surface area contributed by atoms with Gasteiger partial charge >= 0.3 is 359 Å². The predicted molar refractivity (Wildman–Crippen MR) is 311 cm³/mol. The molecule has 11 rings (SSSR count). The molecule has 3 aromatic heterocycles. The monoisotopic (exact) mass is 1180 g/mol. The fraction of sp³-hybridized carbons (Fsp3) is 0.304. The van der Waals surface area contributed by atoms with Crippen LogP contribution in [0.5, 0.6) is 11.5 Å². The first kappa shape index (κ1) is 39.8. The second kappa shape index (κ2) is 17.5. The van der Waals surface area contributed by atoms with Gasteiger partial charge in [0.05, 0.1) is 0 Å². The molecule has 0 fully saturated rings. The van der Waals surface area contributed by atoms with Crippen molar-refractivity contribution in [3.05, 3.63) is 195 Å². The van der Waals surface area contributed by atoms with Crippen molar-refractivity contribution >= 4 is 32.8 Å². The van der Waals surface area contributed by atoms with E-state index in [0.29, 0.717) is 20.8 Å². The summed E-state index contributed by atoms with van der Waals surface area (Å²) < 4.78 is 104. The van der Waals surface area contributed by atoms with Crippen molar-refractivity contribution < 1.29 is 37.8 Å². The number of fused-ring (bicyclic) bond motifs is 5. The third-order valence-corrected chi connectivity index (χ3v) is 17.9. The van der Waals surface area contributed by atoms with Crippen molar-refractivity contribution in [3.8, 4) is 50.9 Å². The number of para-hydroxylation sites is 1. The Balaban J connectivity index is 1.19. The zero-order valence-corrected chi connectivity index (χ0v) is 48.1. The van der Waals surface area contributed by atoms with Crippen LogP contribution in [-0.4, -0.2) is 18.7 Å². The minimum absolute atomic E-state index is 0.0382. The van der Waals surface area contributed by atoms with Crippen molar-refractivity contribution in [2.24, 2.45) is 5.41 Å². The Morgan fingerprint density at radius 1 is 0.493 bits per heavy atom. The zero-order chi connectivity index (χ0) is 62.1. The molecule has 0 N–H and O–H groups in total. The SMILES string of the molecule is [2H]c1c([2H])c([2H])c(-c2cccc(-c3c([2H])c([2H])c([2H])c([2H])c3[2H])c2-n2[c](=[Pt])n(-c3cc(Oc4ccc5c6cc7c(cc6n(-c6cc(C(C)(C)C)ccn6)c5c4)C(C)(C)C(C)(C)C7(C)C)cc(C(C)(C)C)c3)c3cc(C(C)(C)C)ccc32)c([2H])c1[2H]. The molecule has 7 aromatic carbocycles. The zero-order valence-electron chi connectivity index (χ0n) is 55.8. The maximum absolute atomic E-state index is 9.30. The maximum atomic E-state index is 9.30. The molecular weight excluding hydrogens is 1100 g/mol. The van der Waals surface area contributed by atoms with E-state index in [4.69, 9.17) is 17.9 Å². The van der Waals surface area contributed by atoms with Crippen molar-refractivity contribution in [2.75, 3.05) is 0 Å². The van der Waals surface area contributed by atoms with Crippen LogP contribution in [0.25, 0.3) is 72.3 Å². The Morgan fingerprint density at radius 3 is 1.67 bits per heavy atom. The first-order valence-corrected chi connectivity index (χ1v) is 27.0. The number of pyridine rings is 1. The molecule has 1 aliphatic rings. The second-order valence-electron chi connectivity index (χ2n) is 25.1. The Bertz CT molecular complexity index is 4440. The number of nitrogens with zero attached hydrogens (tertiary/aromatic N) is 4. The van der Waals surface area contributed by atoms with Gasteiger partial charge in [-0.25, -0.2) is 0 Å². The van der Waals surface area contributed by atoms with E-state index >= 15 is 0 Å². The van der Waals surface area contributed by atoms with Crippen LogP contribution >= 0.6 is 0 Å². The summed E-state index contributed by atoms with van der Waals surface area (Å²) in [4.78, 5) is 5.07. The van der Waals surface area contributed by atoms with Gasteiger partial charge in [0.25, 0.3) is 0 Å². The molecule has 0 saturated heterocycles. The molecule has 6 heteroatoms. The van der Waals surface area contributed by atoms with Gasteiger partial charge in [-0.1, -0.05) is 62.3 Å². The van der Waals surface area contributed by atoms with E-state index in [2.05, 4.69) is 187 Å². The Morgan fingerprint density at radius 2 is 1.07 bits per heavy atom. The van der Waals surface area contributed by atoms with Crippen molar-refractivity contribution in [1.29, 1.82) is 0 Å². The summed E-state index contributed by atoms with van der Waals surface area (Å²) in [6, 6.07) is 27.7. The minimum atomic E-state index is -0.557. The molecule has 0 aliphatic heterocycles. The number of aromatic nitrogens is 4. The van der Waals surface area contributed by atoms with Gasteiger partial charge in [-0.05, 0) is 44.4 Å². The van der Waals surface area contributed by atoms with E-state index in [-0.39, 0.29) is 55.0 Å². The summed E-state index contributed by atoms with van der Waals surface area (Å²) in [7, 11) is 0. The van der Waals surface area contributed by atoms with E-state index in [1.807, 2.05) is 35.0 Å². The summed E-state index contributed by atoms with van der Waals surface area (Å²) in [5.41, 5.74) is 9.28. The topological polar surface area (TPSA) is 36.9 Å². The van der Waals surface area contributed by atoms with Crippen LogP contribution in [0.15, 0.2) is 164 Å². The molecule has 0 bridgehead atoms. The molecule has 5 nitrogen and oxygen atoms in total. The van der Waals surface area contributed by atoms with Crippen LogP contribution in [-0.2, 0) is 46.4 Å². The van der Waals surface area contributed by atoms with E-state index in [9.17, 15) is 5.48 Å². The molecule has 0 spiro atoms. The average Bonchev–Trinajstić information content (AvgIpc) is 1.71. The number of rotatable bonds is 7. The first-order valence-electron chi connectivity index (χ1n) is 30.9. The van der Waals surface area contributed by atoms with Crippen molar-refractivity contribution in [2.45, 2.75) is 131 Å². The second-order valence-corrected chi connectivity index (χ2v) is 26.1. The fourth-order valence-corrected chi connectivity index (χ4v) is 12.3. The van der Waals surface area contributed by atoms with Crippen LogP contribution in [0.4, 0.5) is 0 Å². The Hall–Kier alpha value is -6.55. The molecule has 75 heavy (non-hydrogen) atoms. The number of hydrogen-bond acceptors (Lipinski definition) is 2. The van der Waals surface area contributed by atoms with Gasteiger partial charge in [-0.2, -0.15) is 0 Å². The van der Waals surface area contributed by atoms with Crippen molar-refractivity contribution in [3.63, 3.8) is 0 Å². The van der Waals surface area contributed by atoms with Gasteiger partial charge in [0.1, 0.15) is 0 Å².